The molecule has 0 bridgehead atoms. The Labute approximate surface area is 239 Å². The average Bonchev–Trinajstić information content (AvgIpc) is 3.01. The molecule has 7 nitrogen and oxygen atoms in total. The highest BCUT2D eigenvalue weighted by Crippen LogP contribution is 2.29. The zero-order chi connectivity index (χ0) is 29.2. The number of nitrogens with one attached hydrogen (secondary N) is 1. The minimum atomic E-state index is -0.938. The van der Waals surface area contributed by atoms with E-state index in [1.165, 1.54) is 24.1 Å². The molecule has 212 valence electrons. The van der Waals surface area contributed by atoms with Crippen LogP contribution in [0.2, 0.25) is 0 Å². The van der Waals surface area contributed by atoms with Crippen molar-refractivity contribution in [3.8, 4) is 17.2 Å². The number of amides is 2. The highest BCUT2D eigenvalue weighted by molar-refractivity contribution is 5.89. The number of hydrogen-bond acceptors (Lipinski definition) is 5. The van der Waals surface area contributed by atoms with E-state index in [4.69, 9.17) is 14.2 Å². The second-order valence-corrected chi connectivity index (χ2v) is 9.39. The molecule has 0 aliphatic rings. The van der Waals surface area contributed by atoms with Gasteiger partial charge in [0.1, 0.15) is 17.6 Å². The summed E-state index contributed by atoms with van der Waals surface area (Å²) in [6, 6.07) is 26.8. The lowest BCUT2D eigenvalue weighted by Gasteiger charge is -2.32. The van der Waals surface area contributed by atoms with Gasteiger partial charge in [0.2, 0.25) is 11.8 Å². The second kappa shape index (κ2) is 14.0. The molecule has 0 aliphatic heterocycles. The van der Waals surface area contributed by atoms with Gasteiger partial charge in [-0.1, -0.05) is 60.7 Å². The van der Waals surface area contributed by atoms with Crippen LogP contribution in [0.3, 0.4) is 0 Å². The lowest BCUT2D eigenvalue weighted by Crippen LogP contribution is -2.43. The van der Waals surface area contributed by atoms with Gasteiger partial charge in [-0.3, -0.25) is 9.59 Å². The summed E-state index contributed by atoms with van der Waals surface area (Å²) in [5, 5.41) is 2.99. The van der Waals surface area contributed by atoms with Crippen LogP contribution in [0.5, 0.6) is 17.2 Å². The molecule has 4 aromatic rings. The number of methoxy groups -OCH3 is 3. The summed E-state index contributed by atoms with van der Waals surface area (Å²) >= 11 is 0. The molecule has 0 saturated carbocycles. The van der Waals surface area contributed by atoms with E-state index in [9.17, 15) is 14.0 Å². The van der Waals surface area contributed by atoms with Crippen LogP contribution in [0, 0.1) is 5.82 Å². The first-order chi connectivity index (χ1) is 19.9. The Morgan fingerprint density at radius 3 is 2.02 bits per heavy atom. The quantitative estimate of drug-likeness (QED) is 0.250. The largest absolute Gasteiger partial charge is 0.497 e. The molecule has 1 N–H and O–H groups in total. The van der Waals surface area contributed by atoms with Gasteiger partial charge < -0.3 is 24.4 Å². The summed E-state index contributed by atoms with van der Waals surface area (Å²) in [7, 11) is 4.67. The number of nitrogens with zero attached hydrogens (tertiary/aromatic N) is 1. The van der Waals surface area contributed by atoms with E-state index in [0.29, 0.717) is 33.9 Å². The van der Waals surface area contributed by atoms with Gasteiger partial charge in [-0.15, -0.1) is 0 Å². The van der Waals surface area contributed by atoms with Crippen LogP contribution in [0.4, 0.5) is 4.39 Å². The third kappa shape index (κ3) is 7.63. The van der Waals surface area contributed by atoms with Crippen molar-refractivity contribution in [2.24, 2.45) is 0 Å². The van der Waals surface area contributed by atoms with Crippen LogP contribution in [0.1, 0.15) is 28.3 Å². The minimum absolute atomic E-state index is 0.0106. The Hall–Kier alpha value is -4.85. The lowest BCUT2D eigenvalue weighted by atomic mass is 10.0. The van der Waals surface area contributed by atoms with Gasteiger partial charge in [-0.2, -0.15) is 0 Å². The molecule has 0 aliphatic carbocycles. The van der Waals surface area contributed by atoms with Crippen LogP contribution in [0.15, 0.2) is 97.1 Å². The number of rotatable bonds is 12. The molecular formula is C33H33FN2O5. The van der Waals surface area contributed by atoms with Crippen LogP contribution in [-0.4, -0.2) is 38.0 Å². The Balaban J connectivity index is 1.67. The molecule has 0 radical (unpaired) electrons. The van der Waals surface area contributed by atoms with Gasteiger partial charge in [0, 0.05) is 13.1 Å². The van der Waals surface area contributed by atoms with Crippen molar-refractivity contribution in [1.29, 1.82) is 0 Å². The predicted molar refractivity (Wildman–Crippen MR) is 154 cm³/mol. The Bertz CT molecular complexity index is 1440. The maximum Gasteiger partial charge on any atom is 0.247 e. The normalized spacial score (nSPS) is 11.3. The zero-order valence-electron chi connectivity index (χ0n) is 23.3. The summed E-state index contributed by atoms with van der Waals surface area (Å²) in [5.41, 5.74) is 2.92. The monoisotopic (exact) mass is 556 g/mol. The molecular weight excluding hydrogens is 523 g/mol. The highest BCUT2D eigenvalue weighted by atomic mass is 19.1. The number of carbonyl (C=O) groups excluding carboxylic acids is 2. The third-order valence-electron chi connectivity index (χ3n) is 6.69. The van der Waals surface area contributed by atoms with Crippen LogP contribution >= 0.6 is 0 Å². The fourth-order valence-corrected chi connectivity index (χ4v) is 4.51. The van der Waals surface area contributed by atoms with Crippen molar-refractivity contribution in [3.63, 3.8) is 0 Å². The first-order valence-electron chi connectivity index (χ1n) is 13.1. The minimum Gasteiger partial charge on any atom is -0.497 e. The third-order valence-corrected chi connectivity index (χ3v) is 6.69. The molecule has 41 heavy (non-hydrogen) atoms. The molecule has 2 amide bonds. The topological polar surface area (TPSA) is 77.1 Å². The van der Waals surface area contributed by atoms with Gasteiger partial charge in [-0.05, 0) is 58.7 Å². The Morgan fingerprint density at radius 1 is 0.756 bits per heavy atom. The first kappa shape index (κ1) is 29.1. The van der Waals surface area contributed by atoms with Crippen molar-refractivity contribution in [1.82, 2.24) is 10.2 Å². The van der Waals surface area contributed by atoms with Gasteiger partial charge >= 0.3 is 0 Å². The number of hydrogen-bond donors (Lipinski definition) is 1. The lowest BCUT2D eigenvalue weighted by molar-refractivity contribution is -0.141. The van der Waals surface area contributed by atoms with Gasteiger partial charge in [0.15, 0.2) is 11.5 Å². The fraction of sp³-hybridized carbons (Fsp3) is 0.212. The SMILES string of the molecule is COc1ccc(CNC(=O)[C@@H](c2ccccc2)N(Cc2ccc(F)cc2)C(=O)Cc2ccc(OC)c(OC)c2)cc1. The molecule has 0 saturated heterocycles. The van der Waals surface area contributed by atoms with Crippen molar-refractivity contribution >= 4 is 11.8 Å². The molecule has 4 rings (SSSR count). The summed E-state index contributed by atoms with van der Waals surface area (Å²) in [4.78, 5) is 29.4. The number of ether oxygens (including phenoxy) is 3. The van der Waals surface area contributed by atoms with Gasteiger partial charge in [-0.25, -0.2) is 4.39 Å². The van der Waals surface area contributed by atoms with E-state index in [0.717, 1.165) is 5.56 Å². The van der Waals surface area contributed by atoms with Crippen LogP contribution in [0.25, 0.3) is 0 Å². The number of benzene rings is 4. The fourth-order valence-electron chi connectivity index (χ4n) is 4.51. The first-order valence-corrected chi connectivity index (χ1v) is 13.1. The van der Waals surface area contributed by atoms with Crippen molar-refractivity contribution in [2.45, 2.75) is 25.6 Å². The van der Waals surface area contributed by atoms with Crippen molar-refractivity contribution in [2.75, 3.05) is 21.3 Å². The molecule has 0 aromatic heterocycles. The Kier molecular flexibility index (Phi) is 9.94. The van der Waals surface area contributed by atoms with Gasteiger partial charge in [0.05, 0.1) is 27.8 Å². The molecule has 0 fully saturated rings. The number of halogens is 1. The molecule has 8 heteroatoms. The molecule has 0 unspecified atom stereocenters. The van der Waals surface area contributed by atoms with E-state index in [-0.39, 0.29) is 37.1 Å². The summed E-state index contributed by atoms with van der Waals surface area (Å²) in [5.74, 6) is 0.763. The van der Waals surface area contributed by atoms with E-state index in [2.05, 4.69) is 5.32 Å². The maximum absolute atomic E-state index is 14.0. The number of carbonyl (C=O) groups is 2. The standard InChI is InChI=1S/C33H33FN2O5/c1-39-28-16-11-23(12-17-28)21-35-33(38)32(26-7-5-4-6-8-26)36(22-24-9-14-27(34)15-10-24)31(37)20-25-13-18-29(40-2)30(19-25)41-3/h4-19,32H,20-22H2,1-3H3,(H,35,38)/t32-/m1/s1. The van der Waals surface area contributed by atoms with E-state index >= 15 is 0 Å². The maximum atomic E-state index is 14.0. The average molecular weight is 557 g/mol. The molecule has 4 aromatic carbocycles. The summed E-state index contributed by atoms with van der Waals surface area (Å²) in [6.07, 6.45) is 0.0106. The molecule has 1 atom stereocenters. The second-order valence-electron chi connectivity index (χ2n) is 9.39. The van der Waals surface area contributed by atoms with Crippen molar-refractivity contribution < 1.29 is 28.2 Å². The zero-order valence-corrected chi connectivity index (χ0v) is 23.3. The summed E-state index contributed by atoms with van der Waals surface area (Å²) < 4.78 is 29.6. The van der Waals surface area contributed by atoms with E-state index in [1.807, 2.05) is 54.6 Å². The summed E-state index contributed by atoms with van der Waals surface area (Å²) in [6.45, 7) is 0.363. The van der Waals surface area contributed by atoms with E-state index in [1.54, 1.807) is 44.6 Å². The smallest absolute Gasteiger partial charge is 0.247 e. The highest BCUT2D eigenvalue weighted by Gasteiger charge is 2.31. The van der Waals surface area contributed by atoms with Gasteiger partial charge in [0.25, 0.3) is 0 Å². The predicted octanol–water partition coefficient (Wildman–Crippen LogP) is 5.48. The molecule has 0 heterocycles. The Morgan fingerprint density at radius 2 is 1.39 bits per heavy atom. The molecule has 0 spiro atoms. The van der Waals surface area contributed by atoms with Crippen LogP contribution < -0.4 is 19.5 Å². The van der Waals surface area contributed by atoms with Crippen molar-refractivity contribution in [3.05, 3.63) is 125 Å². The van der Waals surface area contributed by atoms with E-state index < -0.39 is 6.04 Å². The van der Waals surface area contributed by atoms with Crippen LogP contribution in [-0.2, 0) is 29.1 Å².